The molecule has 7 heteroatoms. The molecule has 1 fully saturated rings. The first-order valence-corrected chi connectivity index (χ1v) is 7.13. The summed E-state index contributed by atoms with van der Waals surface area (Å²) in [7, 11) is 1.18. The van der Waals surface area contributed by atoms with Crippen LogP contribution in [0, 0.1) is 5.82 Å². The molecule has 1 saturated carbocycles. The minimum Gasteiger partial charge on any atom is -0.468 e. The molecule has 21 heavy (non-hydrogen) atoms. The van der Waals surface area contributed by atoms with E-state index in [0.717, 1.165) is 4.90 Å². The number of imide groups is 1. The Morgan fingerprint density at radius 3 is 2.67 bits per heavy atom. The lowest BCUT2D eigenvalue weighted by molar-refractivity contribution is -0.146. The molecule has 5 nitrogen and oxygen atoms in total. The third-order valence-corrected chi connectivity index (χ3v) is 4.58. The van der Waals surface area contributed by atoms with Crippen molar-refractivity contribution in [2.75, 3.05) is 13.7 Å². The van der Waals surface area contributed by atoms with Gasteiger partial charge in [-0.2, -0.15) is 0 Å². The van der Waals surface area contributed by atoms with Gasteiger partial charge in [-0.3, -0.25) is 19.3 Å². The molecule has 1 heterocycles. The van der Waals surface area contributed by atoms with Crippen LogP contribution in [0.15, 0.2) is 16.6 Å². The molecule has 0 atom stereocenters. The van der Waals surface area contributed by atoms with Crippen LogP contribution in [-0.2, 0) is 19.7 Å². The molecule has 0 aromatic heterocycles. The van der Waals surface area contributed by atoms with E-state index in [2.05, 4.69) is 20.7 Å². The van der Waals surface area contributed by atoms with Crippen LogP contribution in [0.1, 0.15) is 28.8 Å². The number of methoxy groups -OCH3 is 1. The molecule has 1 aromatic carbocycles. The molecular formula is C14H11BrFNO4. The van der Waals surface area contributed by atoms with Crippen molar-refractivity contribution >= 4 is 33.7 Å². The topological polar surface area (TPSA) is 63.7 Å². The van der Waals surface area contributed by atoms with Crippen LogP contribution < -0.4 is 0 Å². The number of benzene rings is 1. The van der Waals surface area contributed by atoms with Gasteiger partial charge in [0.2, 0.25) is 5.91 Å². The zero-order chi connectivity index (χ0) is 15.4. The fraction of sp³-hybridized carbons (Fsp3) is 0.357. The number of rotatable bonds is 2. The van der Waals surface area contributed by atoms with E-state index in [0.29, 0.717) is 12.8 Å². The first kappa shape index (κ1) is 14.2. The van der Waals surface area contributed by atoms with Crippen LogP contribution in [0.25, 0.3) is 0 Å². The lowest BCUT2D eigenvalue weighted by Gasteiger charge is -2.32. The smallest absolute Gasteiger partial charge is 0.325 e. The molecule has 0 radical (unpaired) electrons. The number of carbonyl (C=O) groups excluding carboxylic acids is 3. The summed E-state index contributed by atoms with van der Waals surface area (Å²) in [6, 6.07) is 2.90. The van der Waals surface area contributed by atoms with E-state index in [1.165, 1.54) is 19.2 Å². The number of esters is 1. The molecule has 0 N–H and O–H groups in total. The summed E-state index contributed by atoms with van der Waals surface area (Å²) >= 11 is 3.07. The monoisotopic (exact) mass is 355 g/mol. The number of ether oxygens (including phenoxy) is 1. The molecule has 0 saturated heterocycles. The maximum atomic E-state index is 14.4. The summed E-state index contributed by atoms with van der Waals surface area (Å²) in [5.41, 5.74) is -0.727. The summed E-state index contributed by atoms with van der Waals surface area (Å²) < 4.78 is 19.1. The average molecular weight is 356 g/mol. The Kier molecular flexibility index (Phi) is 3.12. The molecule has 1 aromatic rings. The van der Waals surface area contributed by atoms with Crippen LogP contribution in [0.2, 0.25) is 0 Å². The van der Waals surface area contributed by atoms with Crippen LogP contribution in [0.4, 0.5) is 4.39 Å². The third kappa shape index (κ3) is 1.91. The maximum Gasteiger partial charge on any atom is 0.325 e. The maximum absolute atomic E-state index is 14.4. The average Bonchev–Trinajstić information content (AvgIpc) is 3.25. The molecule has 3 rings (SSSR count). The van der Waals surface area contributed by atoms with Crippen molar-refractivity contribution in [3.63, 3.8) is 0 Å². The Balaban J connectivity index is 2.13. The highest BCUT2D eigenvalue weighted by Crippen LogP contribution is 2.54. The second-order valence-electron chi connectivity index (χ2n) is 5.14. The number of fused-ring (bicyclic) bond motifs is 2. The van der Waals surface area contributed by atoms with E-state index in [9.17, 15) is 18.8 Å². The van der Waals surface area contributed by atoms with Crippen molar-refractivity contribution in [2.45, 2.75) is 18.3 Å². The molecule has 2 aliphatic rings. The van der Waals surface area contributed by atoms with E-state index in [4.69, 9.17) is 0 Å². The second-order valence-corrected chi connectivity index (χ2v) is 5.99. The Hall–Kier alpha value is -1.76. The number of carbonyl (C=O) groups is 3. The van der Waals surface area contributed by atoms with E-state index in [-0.39, 0.29) is 15.6 Å². The number of hydrogen-bond acceptors (Lipinski definition) is 4. The van der Waals surface area contributed by atoms with Crippen LogP contribution in [0.3, 0.4) is 0 Å². The largest absolute Gasteiger partial charge is 0.468 e. The number of halogens is 2. The van der Waals surface area contributed by atoms with Crippen molar-refractivity contribution in [3.05, 3.63) is 33.5 Å². The van der Waals surface area contributed by atoms with Gasteiger partial charge in [-0.25, -0.2) is 4.39 Å². The summed E-state index contributed by atoms with van der Waals surface area (Å²) in [6.45, 7) is -0.451. The minimum atomic E-state index is -1.01. The summed E-state index contributed by atoms with van der Waals surface area (Å²) in [4.78, 5) is 37.1. The molecular weight excluding hydrogens is 345 g/mol. The fourth-order valence-electron chi connectivity index (χ4n) is 2.73. The number of nitrogens with zero attached hydrogens (tertiary/aromatic N) is 1. The number of hydrogen-bond donors (Lipinski definition) is 0. The van der Waals surface area contributed by atoms with Gasteiger partial charge in [-0.15, -0.1) is 0 Å². The van der Waals surface area contributed by atoms with Gasteiger partial charge in [0.15, 0.2) is 0 Å². The van der Waals surface area contributed by atoms with Gasteiger partial charge in [-0.05, 0) is 40.9 Å². The first-order chi connectivity index (χ1) is 9.92. The molecule has 2 amide bonds. The van der Waals surface area contributed by atoms with E-state index in [1.54, 1.807) is 0 Å². The molecule has 1 aliphatic carbocycles. The Morgan fingerprint density at radius 1 is 1.43 bits per heavy atom. The van der Waals surface area contributed by atoms with Crippen molar-refractivity contribution in [1.82, 2.24) is 4.90 Å². The predicted molar refractivity (Wildman–Crippen MR) is 73.1 cm³/mol. The summed E-state index contributed by atoms with van der Waals surface area (Å²) in [5.74, 6) is -2.45. The van der Waals surface area contributed by atoms with Gasteiger partial charge in [-0.1, -0.05) is 0 Å². The first-order valence-electron chi connectivity index (χ1n) is 6.34. The molecule has 0 bridgehead atoms. The lowest BCUT2D eigenvalue weighted by atomic mass is 9.85. The Labute approximate surface area is 128 Å². The van der Waals surface area contributed by atoms with Gasteiger partial charge in [0, 0.05) is 11.1 Å². The second kappa shape index (κ2) is 4.62. The zero-order valence-corrected chi connectivity index (χ0v) is 12.7. The highest BCUT2D eigenvalue weighted by molar-refractivity contribution is 9.10. The molecule has 0 unspecified atom stereocenters. The van der Waals surface area contributed by atoms with Gasteiger partial charge in [0.1, 0.15) is 12.4 Å². The van der Waals surface area contributed by atoms with Gasteiger partial charge >= 0.3 is 5.97 Å². The molecule has 1 aliphatic heterocycles. The quantitative estimate of drug-likeness (QED) is 0.599. The SMILES string of the molecule is COC(=O)CN1C(=O)c2ccc(Br)c(F)c2C2(CC2)C1=O. The normalized spacial score (nSPS) is 18.7. The minimum absolute atomic E-state index is 0.136. The van der Waals surface area contributed by atoms with Crippen molar-refractivity contribution in [3.8, 4) is 0 Å². The standard InChI is InChI=1S/C14H11BrFNO4/c1-21-9(18)6-17-12(19)7-2-3-8(15)11(16)10(7)14(4-5-14)13(17)20/h2-3H,4-6H2,1H3. The van der Waals surface area contributed by atoms with E-state index < -0.39 is 35.6 Å². The van der Waals surface area contributed by atoms with Crippen molar-refractivity contribution < 1.29 is 23.5 Å². The van der Waals surface area contributed by atoms with Crippen LogP contribution in [-0.4, -0.2) is 36.3 Å². The Bertz CT molecular complexity index is 684. The third-order valence-electron chi connectivity index (χ3n) is 3.97. The van der Waals surface area contributed by atoms with Gasteiger partial charge in [0.05, 0.1) is 17.0 Å². The van der Waals surface area contributed by atoms with Gasteiger partial charge < -0.3 is 4.74 Å². The van der Waals surface area contributed by atoms with Crippen LogP contribution in [0.5, 0.6) is 0 Å². The van der Waals surface area contributed by atoms with E-state index >= 15 is 0 Å². The van der Waals surface area contributed by atoms with E-state index in [1.807, 2.05) is 0 Å². The summed E-state index contributed by atoms with van der Waals surface area (Å²) in [6.07, 6.45) is 0.939. The highest BCUT2D eigenvalue weighted by atomic mass is 79.9. The van der Waals surface area contributed by atoms with Gasteiger partial charge in [0.25, 0.3) is 5.91 Å². The van der Waals surface area contributed by atoms with Crippen LogP contribution >= 0.6 is 15.9 Å². The lowest BCUT2D eigenvalue weighted by Crippen LogP contribution is -2.51. The molecule has 110 valence electrons. The fourth-order valence-corrected chi connectivity index (χ4v) is 3.06. The zero-order valence-electron chi connectivity index (χ0n) is 11.1. The van der Waals surface area contributed by atoms with Crippen molar-refractivity contribution in [1.29, 1.82) is 0 Å². The Morgan fingerprint density at radius 2 is 2.10 bits per heavy atom. The number of amides is 2. The summed E-state index contributed by atoms with van der Waals surface area (Å²) in [5, 5.41) is 0. The van der Waals surface area contributed by atoms with Crippen molar-refractivity contribution in [2.24, 2.45) is 0 Å². The highest BCUT2D eigenvalue weighted by Gasteiger charge is 2.60. The predicted octanol–water partition coefficient (Wildman–Crippen LogP) is 1.78. The molecule has 1 spiro atoms.